The maximum Gasteiger partial charge on any atom is 0.305 e. The molecule has 0 aromatic heterocycles. The van der Waals surface area contributed by atoms with Crippen LogP contribution in [0.4, 0.5) is 0 Å². The van der Waals surface area contributed by atoms with E-state index in [1.807, 2.05) is 0 Å². The van der Waals surface area contributed by atoms with Crippen LogP contribution < -0.4 is 0 Å². The van der Waals surface area contributed by atoms with Crippen molar-refractivity contribution < 1.29 is 28.6 Å². The van der Waals surface area contributed by atoms with Crippen LogP contribution in [0.2, 0.25) is 0 Å². The molecule has 6 heteroatoms. The third kappa shape index (κ3) is 10.6. The number of Topliss-reactive ketones (excluding diaryl/α,β-unsaturated/α-hetero) is 2. The van der Waals surface area contributed by atoms with Gasteiger partial charge in [0.15, 0.2) is 0 Å². The van der Waals surface area contributed by atoms with Gasteiger partial charge in [0.1, 0.15) is 0 Å². The van der Waals surface area contributed by atoms with Crippen molar-refractivity contribution in [2.75, 3.05) is 20.8 Å². The van der Waals surface area contributed by atoms with Crippen molar-refractivity contribution in [3.63, 3.8) is 0 Å². The fourth-order valence-corrected chi connectivity index (χ4v) is 4.09. The summed E-state index contributed by atoms with van der Waals surface area (Å²) in [4.78, 5) is 36.7. The second-order valence-corrected chi connectivity index (χ2v) is 8.79. The Morgan fingerprint density at radius 1 is 0.697 bits per heavy atom. The van der Waals surface area contributed by atoms with Gasteiger partial charge in [-0.05, 0) is 32.6 Å². The van der Waals surface area contributed by atoms with E-state index in [9.17, 15) is 14.4 Å². The number of methoxy groups -OCH3 is 2. The summed E-state index contributed by atoms with van der Waals surface area (Å²) in [5, 5.41) is 0. The first-order chi connectivity index (χ1) is 16.0. The molecule has 1 aliphatic carbocycles. The van der Waals surface area contributed by atoms with E-state index in [-0.39, 0.29) is 29.1 Å². The molecule has 0 aromatic rings. The maximum atomic E-state index is 12.6. The van der Waals surface area contributed by atoms with Crippen LogP contribution in [0.25, 0.3) is 0 Å². The van der Waals surface area contributed by atoms with Gasteiger partial charge in [0, 0.05) is 17.6 Å². The number of hydrogen-bond donors (Lipinski definition) is 0. The SMILES string of the molecule is CCCCCCCC(=O)OCCCCCCCCCCC1=C(C)C(=O)C(OC)=C(OC)C1=O. The molecule has 0 saturated heterocycles. The van der Waals surface area contributed by atoms with Gasteiger partial charge in [-0.15, -0.1) is 0 Å². The van der Waals surface area contributed by atoms with Crippen LogP contribution >= 0.6 is 0 Å². The Balaban J connectivity index is 2.06. The maximum absolute atomic E-state index is 12.6. The van der Waals surface area contributed by atoms with Crippen LogP contribution in [-0.4, -0.2) is 38.4 Å². The first kappa shape index (κ1) is 28.9. The number of unbranched alkanes of at least 4 members (excludes halogenated alkanes) is 11. The average Bonchev–Trinajstić information content (AvgIpc) is 2.81. The standard InChI is InChI=1S/C27H44O6/c1-5-6-7-12-16-19-23(28)33-20-17-14-11-9-8-10-13-15-18-22-21(2)24(29)26(31-3)27(32-4)25(22)30/h5-20H2,1-4H3. The molecule has 6 nitrogen and oxygen atoms in total. The third-order valence-corrected chi connectivity index (χ3v) is 6.16. The van der Waals surface area contributed by atoms with E-state index in [1.54, 1.807) is 6.92 Å². The zero-order chi connectivity index (χ0) is 24.5. The molecule has 0 heterocycles. The minimum Gasteiger partial charge on any atom is -0.489 e. The number of carbonyl (C=O) groups is 3. The van der Waals surface area contributed by atoms with Crippen LogP contribution in [-0.2, 0) is 28.6 Å². The van der Waals surface area contributed by atoms with Gasteiger partial charge in [-0.2, -0.15) is 0 Å². The van der Waals surface area contributed by atoms with Crippen LogP contribution in [0.15, 0.2) is 22.7 Å². The topological polar surface area (TPSA) is 78.9 Å². The van der Waals surface area contributed by atoms with Crippen molar-refractivity contribution in [3.05, 3.63) is 22.7 Å². The fourth-order valence-electron chi connectivity index (χ4n) is 4.09. The Morgan fingerprint density at radius 2 is 1.21 bits per heavy atom. The molecule has 0 spiro atoms. The number of esters is 1. The van der Waals surface area contributed by atoms with Crippen molar-refractivity contribution >= 4 is 17.5 Å². The molecule has 0 aliphatic heterocycles. The minimum atomic E-state index is -0.262. The molecular weight excluding hydrogens is 420 g/mol. The van der Waals surface area contributed by atoms with Crippen molar-refractivity contribution in [2.45, 2.75) is 110 Å². The summed E-state index contributed by atoms with van der Waals surface area (Å²) in [7, 11) is 2.76. The van der Waals surface area contributed by atoms with Crippen molar-refractivity contribution in [1.29, 1.82) is 0 Å². The quantitative estimate of drug-likeness (QED) is 0.125. The highest BCUT2D eigenvalue weighted by Gasteiger charge is 2.34. The Kier molecular flexibility index (Phi) is 15.2. The molecule has 0 atom stereocenters. The number of rotatable bonds is 19. The van der Waals surface area contributed by atoms with Gasteiger partial charge < -0.3 is 14.2 Å². The summed E-state index contributed by atoms with van der Waals surface area (Å²) in [6.07, 6.45) is 15.4. The van der Waals surface area contributed by atoms with E-state index in [0.29, 0.717) is 30.6 Å². The van der Waals surface area contributed by atoms with Gasteiger partial charge >= 0.3 is 5.97 Å². The van der Waals surface area contributed by atoms with Gasteiger partial charge in [0.2, 0.25) is 23.1 Å². The average molecular weight is 465 g/mol. The summed E-state index contributed by atoms with van der Waals surface area (Å²) < 4.78 is 15.5. The zero-order valence-corrected chi connectivity index (χ0v) is 21.3. The summed E-state index contributed by atoms with van der Waals surface area (Å²) >= 11 is 0. The molecule has 0 saturated carbocycles. The largest absolute Gasteiger partial charge is 0.489 e. The third-order valence-electron chi connectivity index (χ3n) is 6.16. The molecule has 33 heavy (non-hydrogen) atoms. The Labute approximate surface area is 200 Å². The lowest BCUT2D eigenvalue weighted by Gasteiger charge is -2.20. The molecule has 0 unspecified atom stereocenters. The second-order valence-electron chi connectivity index (χ2n) is 8.79. The second kappa shape index (κ2) is 17.4. The molecule has 0 amide bonds. The Bertz CT molecular complexity index is 689. The van der Waals surface area contributed by atoms with E-state index in [1.165, 1.54) is 33.5 Å². The van der Waals surface area contributed by atoms with Gasteiger partial charge in [0.05, 0.1) is 20.8 Å². The van der Waals surface area contributed by atoms with Crippen LogP contribution in [0.3, 0.4) is 0 Å². The number of carbonyl (C=O) groups excluding carboxylic acids is 3. The minimum absolute atomic E-state index is 0.000856. The molecule has 188 valence electrons. The fraction of sp³-hybridized carbons (Fsp3) is 0.741. The molecule has 1 aliphatic rings. The smallest absolute Gasteiger partial charge is 0.305 e. The van der Waals surface area contributed by atoms with Gasteiger partial charge in [-0.25, -0.2) is 0 Å². The predicted octanol–water partition coefficient (Wildman–Crippen LogP) is 6.37. The lowest BCUT2D eigenvalue weighted by atomic mass is 9.89. The van der Waals surface area contributed by atoms with E-state index < -0.39 is 0 Å². The van der Waals surface area contributed by atoms with Crippen LogP contribution in [0.1, 0.15) is 110 Å². The molecule has 0 fully saturated rings. The Morgan fingerprint density at radius 3 is 1.82 bits per heavy atom. The lowest BCUT2D eigenvalue weighted by molar-refractivity contribution is -0.143. The molecule has 0 bridgehead atoms. The predicted molar refractivity (Wildman–Crippen MR) is 130 cm³/mol. The summed E-state index contributed by atoms with van der Waals surface area (Å²) in [6.45, 7) is 4.41. The van der Waals surface area contributed by atoms with E-state index in [0.717, 1.165) is 64.2 Å². The van der Waals surface area contributed by atoms with Crippen molar-refractivity contribution in [2.24, 2.45) is 0 Å². The van der Waals surface area contributed by atoms with Crippen LogP contribution in [0.5, 0.6) is 0 Å². The number of ether oxygens (including phenoxy) is 3. The zero-order valence-electron chi connectivity index (χ0n) is 21.3. The van der Waals surface area contributed by atoms with Gasteiger partial charge in [-0.1, -0.05) is 71.1 Å². The van der Waals surface area contributed by atoms with E-state index in [2.05, 4.69) is 6.92 Å². The van der Waals surface area contributed by atoms with E-state index in [4.69, 9.17) is 14.2 Å². The number of allylic oxidation sites excluding steroid dienone is 2. The Hall–Kier alpha value is -2.11. The first-order valence-electron chi connectivity index (χ1n) is 12.7. The van der Waals surface area contributed by atoms with Gasteiger partial charge in [0.25, 0.3) is 0 Å². The van der Waals surface area contributed by atoms with Crippen molar-refractivity contribution in [1.82, 2.24) is 0 Å². The monoisotopic (exact) mass is 464 g/mol. The highest BCUT2D eigenvalue weighted by molar-refractivity contribution is 6.23. The first-order valence-corrected chi connectivity index (χ1v) is 12.7. The molecule has 0 aromatic carbocycles. The van der Waals surface area contributed by atoms with Crippen LogP contribution in [0, 0.1) is 0 Å². The number of ketones is 2. The summed E-state index contributed by atoms with van der Waals surface area (Å²) in [5.74, 6) is -0.534. The summed E-state index contributed by atoms with van der Waals surface area (Å²) in [5.41, 5.74) is 1.02. The summed E-state index contributed by atoms with van der Waals surface area (Å²) in [6, 6.07) is 0. The highest BCUT2D eigenvalue weighted by Crippen LogP contribution is 2.28. The highest BCUT2D eigenvalue weighted by atomic mass is 16.5. The number of hydrogen-bond acceptors (Lipinski definition) is 6. The molecule has 1 rings (SSSR count). The van der Waals surface area contributed by atoms with Crippen molar-refractivity contribution in [3.8, 4) is 0 Å². The van der Waals surface area contributed by atoms with Gasteiger partial charge in [-0.3, -0.25) is 14.4 Å². The lowest BCUT2D eigenvalue weighted by Crippen LogP contribution is -2.25. The normalized spacial score (nSPS) is 14.2. The molecule has 0 N–H and O–H groups in total. The molecule has 0 radical (unpaired) electrons. The molecular formula is C27H44O6. The van der Waals surface area contributed by atoms with E-state index >= 15 is 0 Å².